The maximum atomic E-state index is 12.6. The number of fused-ring (bicyclic) bond motifs is 1. The van der Waals surface area contributed by atoms with E-state index in [2.05, 4.69) is 4.74 Å². The third-order valence-electron chi connectivity index (χ3n) is 5.05. The first-order valence-corrected chi connectivity index (χ1v) is 8.07. The van der Waals surface area contributed by atoms with Gasteiger partial charge in [-0.05, 0) is 31.2 Å². The zero-order valence-corrected chi connectivity index (χ0v) is 12.8. The number of carboxylic acid groups (broad SMARTS) is 1. The van der Waals surface area contributed by atoms with Crippen molar-refractivity contribution in [3.63, 3.8) is 0 Å². The second kappa shape index (κ2) is 6.83. The molecule has 0 radical (unpaired) electrons. The molecule has 1 heterocycles. The number of aliphatic carboxylic acids is 1. The van der Waals surface area contributed by atoms with Crippen LogP contribution in [0.25, 0.3) is 0 Å². The summed E-state index contributed by atoms with van der Waals surface area (Å²) in [7, 11) is 0. The topological polar surface area (TPSA) is 49.8 Å². The van der Waals surface area contributed by atoms with Crippen molar-refractivity contribution in [3.8, 4) is 5.75 Å². The van der Waals surface area contributed by atoms with E-state index >= 15 is 0 Å². The molecule has 126 valence electrons. The number of likely N-dealkylation sites (tertiary alicyclic amines) is 1. The first-order chi connectivity index (χ1) is 11.1. The summed E-state index contributed by atoms with van der Waals surface area (Å²) in [5.74, 6) is -0.300. The minimum atomic E-state index is -2.88. The van der Waals surface area contributed by atoms with Crippen molar-refractivity contribution in [1.82, 2.24) is 4.90 Å². The quantitative estimate of drug-likeness (QED) is 0.900. The van der Waals surface area contributed by atoms with Crippen molar-refractivity contribution < 1.29 is 23.4 Å². The van der Waals surface area contributed by atoms with Gasteiger partial charge in [0, 0.05) is 18.2 Å². The lowest BCUT2D eigenvalue weighted by atomic mass is 9.84. The highest BCUT2D eigenvalue weighted by molar-refractivity contribution is 5.74. The molecule has 1 aromatic carbocycles. The number of alkyl halides is 2. The molecule has 0 amide bonds. The van der Waals surface area contributed by atoms with Gasteiger partial charge in [0.1, 0.15) is 11.8 Å². The van der Waals surface area contributed by atoms with Crippen LogP contribution in [0.3, 0.4) is 0 Å². The fourth-order valence-electron chi connectivity index (χ4n) is 4.07. The van der Waals surface area contributed by atoms with Gasteiger partial charge < -0.3 is 9.84 Å². The van der Waals surface area contributed by atoms with Crippen molar-refractivity contribution in [1.29, 1.82) is 0 Å². The van der Waals surface area contributed by atoms with Gasteiger partial charge in [0.2, 0.25) is 0 Å². The number of carbonyl (C=O) groups is 1. The average molecular weight is 325 g/mol. The van der Waals surface area contributed by atoms with E-state index in [1.165, 1.54) is 6.07 Å². The molecule has 1 aliphatic carbocycles. The lowest BCUT2D eigenvalue weighted by Gasteiger charge is -2.33. The number of nitrogens with zero attached hydrogens (tertiary/aromatic N) is 1. The summed E-state index contributed by atoms with van der Waals surface area (Å²) in [6, 6.07) is 6.33. The zero-order chi connectivity index (χ0) is 16.4. The van der Waals surface area contributed by atoms with Gasteiger partial charge in [-0.2, -0.15) is 8.78 Å². The van der Waals surface area contributed by atoms with E-state index in [1.807, 2.05) is 4.90 Å². The minimum Gasteiger partial charge on any atom is -0.480 e. The van der Waals surface area contributed by atoms with E-state index in [-0.39, 0.29) is 11.8 Å². The Morgan fingerprint density at radius 2 is 2.04 bits per heavy atom. The second-order valence-corrected chi connectivity index (χ2v) is 6.36. The van der Waals surface area contributed by atoms with Crippen LogP contribution in [0.5, 0.6) is 5.75 Å². The largest absolute Gasteiger partial charge is 0.480 e. The van der Waals surface area contributed by atoms with Crippen LogP contribution in [0.1, 0.15) is 37.7 Å². The fourth-order valence-corrected chi connectivity index (χ4v) is 4.07. The molecule has 23 heavy (non-hydrogen) atoms. The van der Waals surface area contributed by atoms with Crippen LogP contribution in [-0.2, 0) is 11.3 Å². The molecule has 3 unspecified atom stereocenters. The van der Waals surface area contributed by atoms with E-state index in [1.54, 1.807) is 18.2 Å². The molecule has 1 saturated heterocycles. The van der Waals surface area contributed by atoms with E-state index in [9.17, 15) is 18.7 Å². The molecule has 1 saturated carbocycles. The molecule has 0 spiro atoms. The number of carboxylic acids is 1. The summed E-state index contributed by atoms with van der Waals surface area (Å²) in [4.78, 5) is 13.6. The summed E-state index contributed by atoms with van der Waals surface area (Å²) < 4.78 is 29.7. The summed E-state index contributed by atoms with van der Waals surface area (Å²) in [6.45, 7) is -2.55. The molecule has 2 aliphatic rings. The van der Waals surface area contributed by atoms with Crippen molar-refractivity contribution in [2.45, 2.75) is 57.3 Å². The highest BCUT2D eigenvalue weighted by atomic mass is 19.3. The van der Waals surface area contributed by atoms with Crippen LogP contribution in [0.2, 0.25) is 0 Å². The number of halogens is 2. The second-order valence-electron chi connectivity index (χ2n) is 6.36. The van der Waals surface area contributed by atoms with Crippen LogP contribution in [-0.4, -0.2) is 34.7 Å². The number of benzene rings is 1. The normalized spacial score (nSPS) is 27.9. The number of hydrogen-bond acceptors (Lipinski definition) is 3. The average Bonchev–Trinajstić information content (AvgIpc) is 2.88. The van der Waals surface area contributed by atoms with Crippen LogP contribution in [0.4, 0.5) is 8.78 Å². The van der Waals surface area contributed by atoms with Gasteiger partial charge in [-0.1, -0.05) is 31.0 Å². The summed E-state index contributed by atoms with van der Waals surface area (Å²) in [6.07, 6.45) is 4.93. The van der Waals surface area contributed by atoms with E-state index in [4.69, 9.17) is 0 Å². The van der Waals surface area contributed by atoms with Crippen molar-refractivity contribution in [3.05, 3.63) is 29.8 Å². The molecule has 3 rings (SSSR count). The Kier molecular flexibility index (Phi) is 4.80. The standard InChI is InChI=1S/C17H21F2NO3/c18-17(19)23-15-8-4-2-6-12(15)10-20-13-7-3-1-5-11(13)9-14(20)16(21)22/h2,4,6,8,11,13-14,17H,1,3,5,7,9-10H2,(H,21,22). The zero-order valence-electron chi connectivity index (χ0n) is 12.8. The predicted molar refractivity (Wildman–Crippen MR) is 80.4 cm³/mol. The van der Waals surface area contributed by atoms with Crippen molar-refractivity contribution >= 4 is 5.97 Å². The third kappa shape index (κ3) is 3.47. The Hall–Kier alpha value is -1.69. The highest BCUT2D eigenvalue weighted by Crippen LogP contribution is 2.41. The van der Waals surface area contributed by atoms with Crippen LogP contribution in [0.15, 0.2) is 24.3 Å². The number of para-hydroxylation sites is 1. The monoisotopic (exact) mass is 325 g/mol. The lowest BCUT2D eigenvalue weighted by Crippen LogP contribution is -2.41. The Morgan fingerprint density at radius 3 is 2.78 bits per heavy atom. The van der Waals surface area contributed by atoms with Gasteiger partial charge in [0.15, 0.2) is 0 Å². The van der Waals surface area contributed by atoms with Crippen molar-refractivity contribution in [2.75, 3.05) is 0 Å². The SMILES string of the molecule is O=C(O)C1CC2CCCCC2N1Cc1ccccc1OC(F)F. The lowest BCUT2D eigenvalue weighted by molar-refractivity contribution is -0.143. The number of rotatable bonds is 5. The van der Waals surface area contributed by atoms with Crippen LogP contribution >= 0.6 is 0 Å². The Morgan fingerprint density at radius 1 is 1.30 bits per heavy atom. The van der Waals surface area contributed by atoms with Gasteiger partial charge in [-0.3, -0.25) is 9.69 Å². The van der Waals surface area contributed by atoms with Gasteiger partial charge in [-0.15, -0.1) is 0 Å². The molecule has 1 aromatic rings. The van der Waals surface area contributed by atoms with Crippen LogP contribution in [0, 0.1) is 5.92 Å². The molecule has 6 heteroatoms. The Labute approximate surface area is 134 Å². The molecule has 4 nitrogen and oxygen atoms in total. The van der Waals surface area contributed by atoms with Crippen molar-refractivity contribution in [2.24, 2.45) is 5.92 Å². The Bertz CT molecular complexity index is 567. The first-order valence-electron chi connectivity index (χ1n) is 8.07. The van der Waals surface area contributed by atoms with Gasteiger partial charge in [0.25, 0.3) is 0 Å². The minimum absolute atomic E-state index is 0.130. The Balaban J connectivity index is 1.83. The molecule has 1 aliphatic heterocycles. The number of ether oxygens (including phenoxy) is 1. The van der Waals surface area contributed by atoms with E-state index in [0.29, 0.717) is 24.4 Å². The van der Waals surface area contributed by atoms with Gasteiger partial charge in [0.05, 0.1) is 0 Å². The maximum Gasteiger partial charge on any atom is 0.387 e. The third-order valence-corrected chi connectivity index (χ3v) is 5.05. The van der Waals surface area contributed by atoms with Crippen LogP contribution < -0.4 is 4.74 Å². The van der Waals surface area contributed by atoms with Gasteiger partial charge in [-0.25, -0.2) is 0 Å². The van der Waals surface area contributed by atoms with E-state index < -0.39 is 18.6 Å². The summed E-state index contributed by atoms with van der Waals surface area (Å²) in [5, 5.41) is 9.53. The molecular weight excluding hydrogens is 304 g/mol. The molecule has 3 atom stereocenters. The van der Waals surface area contributed by atoms with Gasteiger partial charge >= 0.3 is 12.6 Å². The molecule has 2 fully saturated rings. The number of hydrogen-bond donors (Lipinski definition) is 1. The highest BCUT2D eigenvalue weighted by Gasteiger charge is 2.45. The smallest absolute Gasteiger partial charge is 0.387 e. The molecule has 1 N–H and O–H groups in total. The summed E-state index contributed by atoms with van der Waals surface area (Å²) >= 11 is 0. The molecule has 0 bridgehead atoms. The van der Waals surface area contributed by atoms with E-state index in [0.717, 1.165) is 25.7 Å². The maximum absolute atomic E-state index is 12.6. The predicted octanol–water partition coefficient (Wildman–Crippen LogP) is 3.51. The molecule has 0 aromatic heterocycles. The molecular formula is C17H21F2NO3. The fraction of sp³-hybridized carbons (Fsp3) is 0.588. The first kappa shape index (κ1) is 16.2. The summed E-state index contributed by atoms with van der Waals surface area (Å²) in [5.41, 5.74) is 0.616.